The maximum absolute atomic E-state index is 12.0. The monoisotopic (exact) mass is 345 g/mol. The predicted molar refractivity (Wildman–Crippen MR) is 75.1 cm³/mol. The normalized spacial score (nSPS) is 23.6. The number of benzene rings is 1. The van der Waals surface area contributed by atoms with E-state index in [9.17, 15) is 4.79 Å². The first-order valence-electron chi connectivity index (χ1n) is 5.77. The molecule has 4 heteroatoms. The van der Waals surface area contributed by atoms with Crippen LogP contribution in [0.3, 0.4) is 0 Å². The van der Waals surface area contributed by atoms with Crippen molar-refractivity contribution >= 4 is 28.5 Å². The number of carbonyl (C=O) groups excluding carboxylic acids is 1. The van der Waals surface area contributed by atoms with Crippen LogP contribution < -0.4 is 5.32 Å². The van der Waals surface area contributed by atoms with E-state index in [4.69, 9.17) is 4.74 Å². The quantitative estimate of drug-likeness (QED) is 0.856. The minimum Gasteiger partial charge on any atom is -0.373 e. The largest absolute Gasteiger partial charge is 0.373 e. The Kier molecular flexibility index (Phi) is 4.04. The van der Waals surface area contributed by atoms with Crippen molar-refractivity contribution in [2.75, 3.05) is 13.2 Å². The molecular weight excluding hydrogens is 329 g/mol. The molecule has 1 heterocycles. The summed E-state index contributed by atoms with van der Waals surface area (Å²) in [5.41, 5.74) is 0.547. The first-order chi connectivity index (χ1) is 8.11. The van der Waals surface area contributed by atoms with Crippen LogP contribution >= 0.6 is 22.6 Å². The fourth-order valence-electron chi connectivity index (χ4n) is 1.98. The number of halogens is 1. The van der Waals surface area contributed by atoms with E-state index in [1.807, 2.05) is 24.3 Å². The van der Waals surface area contributed by atoms with Crippen LogP contribution in [0.4, 0.5) is 0 Å². The zero-order valence-corrected chi connectivity index (χ0v) is 12.0. The molecule has 0 radical (unpaired) electrons. The molecule has 17 heavy (non-hydrogen) atoms. The summed E-state index contributed by atoms with van der Waals surface area (Å²) in [5.74, 6) is -0.0216. The lowest BCUT2D eigenvalue weighted by atomic mass is 10.0. The Morgan fingerprint density at radius 3 is 2.94 bits per heavy atom. The molecule has 1 aromatic rings. The van der Waals surface area contributed by atoms with E-state index in [2.05, 4.69) is 34.8 Å². The Morgan fingerprint density at radius 1 is 1.53 bits per heavy atom. The van der Waals surface area contributed by atoms with Crippen molar-refractivity contribution in [2.45, 2.75) is 25.4 Å². The number of carbonyl (C=O) groups is 1. The van der Waals surface area contributed by atoms with Crippen LogP contribution in [0, 0.1) is 3.57 Å². The number of nitrogens with one attached hydrogen (secondary N) is 1. The lowest BCUT2D eigenvalue weighted by Gasteiger charge is -2.23. The minimum absolute atomic E-state index is 0.0216. The highest BCUT2D eigenvalue weighted by atomic mass is 127. The van der Waals surface area contributed by atoms with E-state index in [1.165, 1.54) is 0 Å². The molecule has 1 atom stereocenters. The van der Waals surface area contributed by atoms with Gasteiger partial charge in [-0.15, -0.1) is 0 Å². The second-order valence-corrected chi connectivity index (χ2v) is 5.73. The Balaban J connectivity index is 1.96. The van der Waals surface area contributed by atoms with E-state index in [-0.39, 0.29) is 11.5 Å². The first kappa shape index (κ1) is 12.8. The number of ether oxygens (including phenoxy) is 1. The smallest absolute Gasteiger partial charge is 0.252 e. The molecule has 1 saturated heterocycles. The van der Waals surface area contributed by atoms with Gasteiger partial charge in [0.2, 0.25) is 0 Å². The predicted octanol–water partition coefficient (Wildman–Crippen LogP) is 2.59. The van der Waals surface area contributed by atoms with Crippen LogP contribution in [0.15, 0.2) is 24.3 Å². The van der Waals surface area contributed by atoms with Crippen molar-refractivity contribution in [3.8, 4) is 0 Å². The summed E-state index contributed by atoms with van der Waals surface area (Å²) < 4.78 is 6.61. The van der Waals surface area contributed by atoms with E-state index in [1.54, 1.807) is 0 Å². The zero-order chi connectivity index (χ0) is 12.3. The summed E-state index contributed by atoms with van der Waals surface area (Å²) in [6.07, 6.45) is 2.09. The minimum atomic E-state index is -0.185. The number of hydrogen-bond donors (Lipinski definition) is 1. The molecule has 1 unspecified atom stereocenters. The van der Waals surface area contributed by atoms with Gasteiger partial charge in [0.25, 0.3) is 5.91 Å². The molecule has 1 aromatic carbocycles. The van der Waals surface area contributed by atoms with Crippen LogP contribution in [0.5, 0.6) is 0 Å². The SMILES string of the molecule is CC1(CNC(=O)c2ccccc2I)CCCO1. The number of rotatable bonds is 3. The lowest BCUT2D eigenvalue weighted by Crippen LogP contribution is -2.40. The van der Waals surface area contributed by atoms with Gasteiger partial charge < -0.3 is 10.1 Å². The van der Waals surface area contributed by atoms with Crippen LogP contribution in [0.2, 0.25) is 0 Å². The molecule has 0 saturated carbocycles. The van der Waals surface area contributed by atoms with Crippen molar-refractivity contribution in [1.82, 2.24) is 5.32 Å². The zero-order valence-electron chi connectivity index (χ0n) is 9.83. The maximum atomic E-state index is 12.0. The second kappa shape index (κ2) is 5.35. The van der Waals surface area contributed by atoms with E-state index in [0.29, 0.717) is 6.54 Å². The summed E-state index contributed by atoms with van der Waals surface area (Å²) in [4.78, 5) is 12.0. The van der Waals surface area contributed by atoms with Gasteiger partial charge in [-0.05, 0) is 54.5 Å². The van der Waals surface area contributed by atoms with Gasteiger partial charge in [-0.3, -0.25) is 4.79 Å². The molecule has 1 aliphatic heterocycles. The van der Waals surface area contributed by atoms with Gasteiger partial charge in [0.15, 0.2) is 0 Å². The van der Waals surface area contributed by atoms with E-state index < -0.39 is 0 Å². The molecule has 2 rings (SSSR count). The number of hydrogen-bond acceptors (Lipinski definition) is 2. The maximum Gasteiger partial charge on any atom is 0.252 e. The summed E-state index contributed by atoms with van der Waals surface area (Å²) in [6, 6.07) is 7.59. The average molecular weight is 345 g/mol. The van der Waals surface area contributed by atoms with Gasteiger partial charge in [0.1, 0.15) is 0 Å². The van der Waals surface area contributed by atoms with Crippen LogP contribution in [-0.2, 0) is 4.74 Å². The topological polar surface area (TPSA) is 38.3 Å². The third-order valence-corrected chi connectivity index (χ3v) is 3.98. The molecule has 0 spiro atoms. The standard InChI is InChI=1S/C13H16INO2/c1-13(7-4-8-17-13)9-15-12(16)10-5-2-3-6-11(10)14/h2-3,5-6H,4,7-9H2,1H3,(H,15,16). The molecule has 92 valence electrons. The number of amides is 1. The fraction of sp³-hybridized carbons (Fsp3) is 0.462. The summed E-state index contributed by atoms with van der Waals surface area (Å²) in [6.45, 7) is 3.43. The van der Waals surface area contributed by atoms with Gasteiger partial charge >= 0.3 is 0 Å². The third kappa shape index (κ3) is 3.19. The van der Waals surface area contributed by atoms with Crippen molar-refractivity contribution in [1.29, 1.82) is 0 Å². The Labute approximate surface area is 115 Å². The van der Waals surface area contributed by atoms with Crippen molar-refractivity contribution in [3.05, 3.63) is 33.4 Å². The lowest BCUT2D eigenvalue weighted by molar-refractivity contribution is 0.0206. The second-order valence-electron chi connectivity index (χ2n) is 4.56. The Bertz CT molecular complexity index is 414. The third-order valence-electron chi connectivity index (χ3n) is 3.04. The summed E-state index contributed by atoms with van der Waals surface area (Å²) in [5, 5.41) is 2.95. The molecule has 0 aliphatic carbocycles. The molecule has 1 amide bonds. The van der Waals surface area contributed by atoms with Crippen LogP contribution in [0.25, 0.3) is 0 Å². The highest BCUT2D eigenvalue weighted by Crippen LogP contribution is 2.24. The summed E-state index contributed by atoms with van der Waals surface area (Å²) in [7, 11) is 0. The van der Waals surface area contributed by atoms with Gasteiger partial charge in [-0.2, -0.15) is 0 Å². The highest BCUT2D eigenvalue weighted by Gasteiger charge is 2.30. The van der Waals surface area contributed by atoms with Gasteiger partial charge in [-0.1, -0.05) is 12.1 Å². The van der Waals surface area contributed by atoms with Crippen molar-refractivity contribution in [2.24, 2.45) is 0 Å². The Hall–Kier alpha value is -0.620. The van der Waals surface area contributed by atoms with Crippen LogP contribution in [-0.4, -0.2) is 24.7 Å². The molecule has 1 aliphatic rings. The van der Waals surface area contributed by atoms with Crippen molar-refractivity contribution in [3.63, 3.8) is 0 Å². The van der Waals surface area contributed by atoms with Crippen molar-refractivity contribution < 1.29 is 9.53 Å². The molecule has 0 bridgehead atoms. The van der Waals surface area contributed by atoms with Gasteiger partial charge in [0, 0.05) is 16.7 Å². The highest BCUT2D eigenvalue weighted by molar-refractivity contribution is 14.1. The fourth-order valence-corrected chi connectivity index (χ4v) is 2.62. The molecule has 1 N–H and O–H groups in total. The summed E-state index contributed by atoms with van der Waals surface area (Å²) >= 11 is 2.18. The van der Waals surface area contributed by atoms with Gasteiger partial charge in [-0.25, -0.2) is 0 Å². The molecule has 3 nitrogen and oxygen atoms in total. The average Bonchev–Trinajstić information content (AvgIpc) is 2.74. The van der Waals surface area contributed by atoms with E-state index in [0.717, 1.165) is 28.6 Å². The molecule has 0 aromatic heterocycles. The van der Waals surface area contributed by atoms with E-state index >= 15 is 0 Å². The molecular formula is C13H16INO2. The Morgan fingerprint density at radius 2 is 2.29 bits per heavy atom. The van der Waals surface area contributed by atoms with Gasteiger partial charge in [0.05, 0.1) is 11.2 Å². The molecule has 1 fully saturated rings. The van der Waals surface area contributed by atoms with Crippen LogP contribution in [0.1, 0.15) is 30.1 Å². The first-order valence-corrected chi connectivity index (χ1v) is 6.85.